The molecular formula is C21H19ClN6O4S. The van der Waals surface area contributed by atoms with Crippen LogP contribution in [0.25, 0.3) is 11.0 Å². The molecule has 0 aliphatic carbocycles. The highest BCUT2D eigenvalue weighted by molar-refractivity contribution is 7.14. The molecule has 10 nitrogen and oxygen atoms in total. The lowest BCUT2D eigenvalue weighted by atomic mass is 10.3. The third kappa shape index (κ3) is 4.94. The van der Waals surface area contributed by atoms with Gasteiger partial charge in [0.25, 0.3) is 5.56 Å². The smallest absolute Gasteiger partial charge is 0.307 e. The van der Waals surface area contributed by atoms with Crippen molar-refractivity contribution in [3.05, 3.63) is 63.2 Å². The van der Waals surface area contributed by atoms with Crippen molar-refractivity contribution < 1.29 is 14.3 Å². The van der Waals surface area contributed by atoms with Crippen LogP contribution in [-0.4, -0.2) is 36.2 Å². The number of esters is 1. The number of aryl methyl sites for hydroxylation is 2. The van der Waals surface area contributed by atoms with Gasteiger partial charge in [-0.05, 0) is 18.2 Å². The van der Waals surface area contributed by atoms with Crippen LogP contribution in [0.15, 0.2) is 47.0 Å². The molecule has 0 atom stereocenters. The molecule has 0 saturated carbocycles. The number of hydrogen-bond donors (Lipinski definition) is 0. The van der Waals surface area contributed by atoms with Gasteiger partial charge in [-0.3, -0.25) is 28.5 Å². The maximum atomic E-state index is 12.5. The molecular weight excluding hydrogens is 468 g/mol. The van der Waals surface area contributed by atoms with Gasteiger partial charge in [-0.25, -0.2) is 9.97 Å². The maximum Gasteiger partial charge on any atom is 0.307 e. The number of amides is 1. The second-order valence-corrected chi connectivity index (χ2v) is 8.39. The second kappa shape index (κ2) is 9.51. The predicted octanol–water partition coefficient (Wildman–Crippen LogP) is 3.06. The lowest BCUT2D eigenvalue weighted by Crippen LogP contribution is -2.23. The Balaban J connectivity index is 1.37. The van der Waals surface area contributed by atoms with Crippen LogP contribution in [0.5, 0.6) is 0 Å². The van der Waals surface area contributed by atoms with Crippen LogP contribution >= 0.6 is 22.9 Å². The average Bonchev–Trinajstić information content (AvgIpc) is 3.39. The van der Waals surface area contributed by atoms with E-state index in [1.807, 2.05) is 0 Å². The van der Waals surface area contributed by atoms with Gasteiger partial charge in [0, 0.05) is 30.9 Å². The molecule has 1 amide bonds. The Hall–Kier alpha value is -3.57. The number of benzene rings is 1. The monoisotopic (exact) mass is 486 g/mol. The maximum absolute atomic E-state index is 12.5. The summed E-state index contributed by atoms with van der Waals surface area (Å²) < 4.78 is 8.15. The van der Waals surface area contributed by atoms with Crippen molar-refractivity contribution >= 4 is 56.7 Å². The molecule has 0 aliphatic heterocycles. The van der Waals surface area contributed by atoms with Crippen molar-refractivity contribution in [2.45, 2.75) is 26.5 Å². The summed E-state index contributed by atoms with van der Waals surface area (Å²) >= 11 is 7.29. The van der Waals surface area contributed by atoms with Gasteiger partial charge in [0.2, 0.25) is 5.91 Å². The van der Waals surface area contributed by atoms with E-state index in [1.165, 1.54) is 44.9 Å². The molecule has 0 saturated heterocycles. The third-order valence-electron chi connectivity index (χ3n) is 4.77. The van der Waals surface area contributed by atoms with Gasteiger partial charge in [-0.2, -0.15) is 5.10 Å². The molecule has 1 aromatic carbocycles. The van der Waals surface area contributed by atoms with Gasteiger partial charge in [0.05, 0.1) is 30.3 Å². The minimum atomic E-state index is -0.485. The zero-order valence-electron chi connectivity index (χ0n) is 17.8. The van der Waals surface area contributed by atoms with Crippen LogP contribution in [0.4, 0.5) is 10.8 Å². The molecule has 33 heavy (non-hydrogen) atoms. The second-order valence-electron chi connectivity index (χ2n) is 7.11. The standard InChI is InChI=1S/C21H19ClN6O4S/c1-13(29)28(16-5-3-4-14(22)8-16)21-25-15(11-33-21)10-32-18(30)6-7-27-12-23-19-17(20(27)31)9-24-26(19)2/h3-5,8-9,11-12H,6-7,10H2,1-2H3. The first kappa shape index (κ1) is 22.6. The number of ether oxygens (including phenoxy) is 1. The molecule has 0 unspecified atom stereocenters. The molecule has 0 fully saturated rings. The zero-order chi connectivity index (χ0) is 23.5. The fourth-order valence-electron chi connectivity index (χ4n) is 3.17. The largest absolute Gasteiger partial charge is 0.459 e. The van der Waals surface area contributed by atoms with Crippen LogP contribution in [0.1, 0.15) is 19.0 Å². The highest BCUT2D eigenvalue weighted by atomic mass is 35.5. The fraction of sp³-hybridized carbons (Fsp3) is 0.238. The molecule has 0 spiro atoms. The minimum absolute atomic E-state index is 0.00750. The van der Waals surface area contributed by atoms with E-state index in [4.69, 9.17) is 16.3 Å². The van der Waals surface area contributed by atoms with Crippen LogP contribution in [0, 0.1) is 0 Å². The first-order valence-electron chi connectivity index (χ1n) is 9.87. The fourth-order valence-corrected chi connectivity index (χ4v) is 4.23. The third-order valence-corrected chi connectivity index (χ3v) is 5.88. The first-order valence-corrected chi connectivity index (χ1v) is 11.1. The lowest BCUT2D eigenvalue weighted by molar-refractivity contribution is -0.145. The summed E-state index contributed by atoms with van der Waals surface area (Å²) in [5.41, 5.74) is 1.32. The quantitative estimate of drug-likeness (QED) is 0.369. The number of nitrogens with zero attached hydrogens (tertiary/aromatic N) is 6. The van der Waals surface area contributed by atoms with E-state index in [9.17, 15) is 14.4 Å². The van der Waals surface area contributed by atoms with E-state index in [1.54, 1.807) is 36.7 Å². The van der Waals surface area contributed by atoms with E-state index in [0.29, 0.717) is 32.6 Å². The van der Waals surface area contributed by atoms with E-state index < -0.39 is 5.97 Å². The van der Waals surface area contributed by atoms with Crippen molar-refractivity contribution in [3.63, 3.8) is 0 Å². The lowest BCUT2D eigenvalue weighted by Gasteiger charge is -2.18. The van der Waals surface area contributed by atoms with Crippen molar-refractivity contribution in [1.29, 1.82) is 0 Å². The van der Waals surface area contributed by atoms with Gasteiger partial charge in [0.1, 0.15) is 12.0 Å². The minimum Gasteiger partial charge on any atom is -0.459 e. The summed E-state index contributed by atoms with van der Waals surface area (Å²) in [6, 6.07) is 6.89. The molecule has 3 aromatic heterocycles. The average molecular weight is 487 g/mol. The van der Waals surface area contributed by atoms with Gasteiger partial charge in [0.15, 0.2) is 10.8 Å². The van der Waals surface area contributed by atoms with Crippen LogP contribution < -0.4 is 10.5 Å². The summed E-state index contributed by atoms with van der Waals surface area (Å²) in [6.45, 7) is 1.51. The summed E-state index contributed by atoms with van der Waals surface area (Å²) in [5.74, 6) is -0.708. The Morgan fingerprint density at radius 3 is 2.88 bits per heavy atom. The van der Waals surface area contributed by atoms with E-state index in [-0.39, 0.29) is 31.0 Å². The van der Waals surface area contributed by atoms with Gasteiger partial charge < -0.3 is 4.74 Å². The summed E-state index contributed by atoms with van der Waals surface area (Å²) in [4.78, 5) is 46.9. The van der Waals surface area contributed by atoms with Gasteiger partial charge in [-0.15, -0.1) is 11.3 Å². The van der Waals surface area contributed by atoms with E-state index >= 15 is 0 Å². The Labute approximate surface area is 197 Å². The Bertz CT molecular complexity index is 1390. The number of carbonyl (C=O) groups is 2. The van der Waals surface area contributed by atoms with E-state index in [2.05, 4.69) is 15.1 Å². The summed E-state index contributed by atoms with van der Waals surface area (Å²) in [5, 5.41) is 7.06. The number of anilines is 2. The number of rotatable bonds is 7. The number of halogens is 1. The Morgan fingerprint density at radius 1 is 1.30 bits per heavy atom. The zero-order valence-corrected chi connectivity index (χ0v) is 19.3. The molecule has 3 heterocycles. The SMILES string of the molecule is CC(=O)N(c1cccc(Cl)c1)c1nc(COC(=O)CCn2cnc3c(cnn3C)c2=O)cs1. The highest BCUT2D eigenvalue weighted by Crippen LogP contribution is 2.30. The predicted molar refractivity (Wildman–Crippen MR) is 124 cm³/mol. The summed E-state index contributed by atoms with van der Waals surface area (Å²) in [6.07, 6.45) is 2.83. The Morgan fingerprint density at radius 2 is 2.12 bits per heavy atom. The molecule has 0 radical (unpaired) electrons. The molecule has 0 aliphatic rings. The molecule has 4 rings (SSSR count). The van der Waals surface area contributed by atoms with Gasteiger partial charge in [-0.1, -0.05) is 17.7 Å². The van der Waals surface area contributed by atoms with Crippen molar-refractivity contribution in [1.82, 2.24) is 24.3 Å². The van der Waals surface area contributed by atoms with Crippen LogP contribution in [0.2, 0.25) is 5.02 Å². The molecule has 170 valence electrons. The first-order chi connectivity index (χ1) is 15.8. The number of hydrogen-bond acceptors (Lipinski definition) is 8. The number of aromatic nitrogens is 5. The number of fused-ring (bicyclic) bond motifs is 1. The van der Waals surface area contributed by atoms with E-state index in [0.717, 1.165) is 0 Å². The highest BCUT2D eigenvalue weighted by Gasteiger charge is 2.19. The number of thiazole rings is 1. The molecule has 12 heteroatoms. The Kier molecular flexibility index (Phi) is 6.52. The molecule has 0 N–H and O–H groups in total. The van der Waals surface area contributed by atoms with Crippen molar-refractivity contribution in [2.24, 2.45) is 7.05 Å². The molecule has 4 aromatic rings. The van der Waals surface area contributed by atoms with Crippen LogP contribution in [-0.2, 0) is 34.5 Å². The molecule has 0 bridgehead atoms. The normalized spacial score (nSPS) is 11.0. The number of carbonyl (C=O) groups excluding carboxylic acids is 2. The van der Waals surface area contributed by atoms with Crippen molar-refractivity contribution in [2.75, 3.05) is 4.90 Å². The van der Waals surface area contributed by atoms with Gasteiger partial charge >= 0.3 is 5.97 Å². The summed E-state index contributed by atoms with van der Waals surface area (Å²) in [7, 11) is 1.70. The van der Waals surface area contributed by atoms with Crippen molar-refractivity contribution in [3.8, 4) is 0 Å². The van der Waals surface area contributed by atoms with Crippen LogP contribution in [0.3, 0.4) is 0 Å². The topological polar surface area (TPSA) is 112 Å².